The van der Waals surface area contributed by atoms with Gasteiger partial charge in [0.25, 0.3) is 5.91 Å². The molecule has 0 atom stereocenters. The molecular formula is C17H22F3N3O. The maximum atomic E-state index is 13.6. The Labute approximate surface area is 139 Å². The van der Waals surface area contributed by atoms with E-state index in [-0.39, 0.29) is 29.6 Å². The first-order valence-electron chi connectivity index (χ1n) is 8.17. The first-order chi connectivity index (χ1) is 11.2. The number of likely N-dealkylation sites (N-methyl/N-ethyl adjacent to an activating group) is 1. The van der Waals surface area contributed by atoms with Crippen LogP contribution in [0.2, 0.25) is 0 Å². The van der Waals surface area contributed by atoms with Gasteiger partial charge in [-0.1, -0.05) is 0 Å². The largest absolute Gasteiger partial charge is 0.416 e. The molecule has 2 aliphatic rings. The molecule has 0 unspecified atom stereocenters. The van der Waals surface area contributed by atoms with Gasteiger partial charge in [-0.3, -0.25) is 4.79 Å². The predicted octanol–water partition coefficient (Wildman–Crippen LogP) is 2.82. The zero-order valence-corrected chi connectivity index (χ0v) is 14.2. The van der Waals surface area contributed by atoms with Crippen LogP contribution in [-0.4, -0.2) is 55.0 Å². The first kappa shape index (κ1) is 17.1. The van der Waals surface area contributed by atoms with Gasteiger partial charge in [-0.2, -0.15) is 13.2 Å². The lowest BCUT2D eigenvalue weighted by molar-refractivity contribution is -0.138. The summed E-state index contributed by atoms with van der Waals surface area (Å²) in [5, 5.41) is 0. The van der Waals surface area contributed by atoms with E-state index < -0.39 is 11.7 Å². The van der Waals surface area contributed by atoms with Crippen LogP contribution in [0.15, 0.2) is 12.1 Å². The summed E-state index contributed by atoms with van der Waals surface area (Å²) in [6.07, 6.45) is -4.46. The number of amides is 1. The molecule has 1 aromatic rings. The lowest BCUT2D eigenvalue weighted by atomic mass is 10.0. The molecule has 24 heavy (non-hydrogen) atoms. The third kappa shape index (κ3) is 2.97. The molecule has 0 N–H and O–H groups in total. The van der Waals surface area contributed by atoms with Crippen molar-refractivity contribution in [1.82, 2.24) is 9.80 Å². The molecule has 2 aliphatic heterocycles. The Hall–Kier alpha value is -1.76. The molecule has 1 fully saturated rings. The van der Waals surface area contributed by atoms with E-state index in [0.29, 0.717) is 18.8 Å². The van der Waals surface area contributed by atoms with E-state index in [1.165, 1.54) is 11.0 Å². The van der Waals surface area contributed by atoms with Crippen LogP contribution in [0.5, 0.6) is 0 Å². The molecule has 2 heterocycles. The number of piperazine rings is 1. The fraction of sp³-hybridized carbons (Fsp3) is 0.588. The van der Waals surface area contributed by atoms with Crippen molar-refractivity contribution < 1.29 is 18.0 Å². The van der Waals surface area contributed by atoms with Gasteiger partial charge in [-0.15, -0.1) is 0 Å². The third-order valence-electron chi connectivity index (χ3n) is 4.85. The standard InChI is InChI=1S/C17H22F3N3O/c1-11(2)23-10-14-13(16(23)24)8-12(9-15(14)17(18,19)20)22-6-4-21(3)5-7-22/h8-9,11H,4-7,10H2,1-3H3. The number of hydrogen-bond acceptors (Lipinski definition) is 3. The number of carbonyl (C=O) groups excluding carboxylic acids is 1. The highest BCUT2D eigenvalue weighted by Gasteiger charge is 2.41. The van der Waals surface area contributed by atoms with Gasteiger partial charge in [0.1, 0.15) is 0 Å². The first-order valence-corrected chi connectivity index (χ1v) is 8.17. The minimum atomic E-state index is -4.46. The van der Waals surface area contributed by atoms with E-state index in [9.17, 15) is 18.0 Å². The van der Waals surface area contributed by atoms with Gasteiger partial charge in [0, 0.05) is 50.0 Å². The number of rotatable bonds is 2. The third-order valence-corrected chi connectivity index (χ3v) is 4.85. The van der Waals surface area contributed by atoms with Crippen LogP contribution in [0, 0.1) is 0 Å². The highest BCUT2D eigenvalue weighted by atomic mass is 19.4. The number of anilines is 1. The molecule has 0 bridgehead atoms. The van der Waals surface area contributed by atoms with Gasteiger partial charge in [0.15, 0.2) is 0 Å². The van der Waals surface area contributed by atoms with E-state index >= 15 is 0 Å². The summed E-state index contributed by atoms with van der Waals surface area (Å²) < 4.78 is 40.7. The molecule has 1 amide bonds. The van der Waals surface area contributed by atoms with Crippen molar-refractivity contribution in [2.75, 3.05) is 38.1 Å². The van der Waals surface area contributed by atoms with Crippen LogP contribution >= 0.6 is 0 Å². The fourth-order valence-corrected chi connectivity index (χ4v) is 3.33. The van der Waals surface area contributed by atoms with Crippen LogP contribution in [-0.2, 0) is 12.7 Å². The van der Waals surface area contributed by atoms with Crippen molar-refractivity contribution in [2.24, 2.45) is 0 Å². The Balaban J connectivity index is 2.04. The van der Waals surface area contributed by atoms with Crippen molar-refractivity contribution >= 4 is 11.6 Å². The number of alkyl halides is 3. The Morgan fingerprint density at radius 2 is 1.71 bits per heavy atom. The SMILES string of the molecule is CC(C)N1Cc2c(cc(N3CCN(C)CC3)cc2C(F)(F)F)C1=O. The molecule has 0 saturated carbocycles. The van der Waals surface area contributed by atoms with Crippen LogP contribution in [0.3, 0.4) is 0 Å². The topological polar surface area (TPSA) is 26.8 Å². The summed E-state index contributed by atoms with van der Waals surface area (Å²) in [6, 6.07) is 2.72. The number of carbonyl (C=O) groups is 1. The summed E-state index contributed by atoms with van der Waals surface area (Å²) in [6.45, 7) is 6.58. The Kier molecular flexibility index (Phi) is 4.23. The minimum Gasteiger partial charge on any atom is -0.369 e. The van der Waals surface area contributed by atoms with Crippen LogP contribution in [0.1, 0.15) is 35.3 Å². The molecule has 7 heteroatoms. The van der Waals surface area contributed by atoms with Crippen LogP contribution < -0.4 is 4.90 Å². The average molecular weight is 341 g/mol. The molecule has 0 radical (unpaired) electrons. The number of nitrogens with zero attached hydrogens (tertiary/aromatic N) is 3. The minimum absolute atomic E-state index is 0.0314. The summed E-state index contributed by atoms with van der Waals surface area (Å²) >= 11 is 0. The summed E-state index contributed by atoms with van der Waals surface area (Å²) in [7, 11) is 1.99. The maximum absolute atomic E-state index is 13.6. The lowest BCUT2D eigenvalue weighted by Gasteiger charge is -2.34. The maximum Gasteiger partial charge on any atom is 0.416 e. The Bertz CT molecular complexity index is 649. The second-order valence-electron chi connectivity index (χ2n) is 6.83. The van der Waals surface area contributed by atoms with E-state index in [2.05, 4.69) is 4.90 Å². The molecule has 1 aromatic carbocycles. The Morgan fingerprint density at radius 3 is 2.25 bits per heavy atom. The summed E-state index contributed by atoms with van der Waals surface area (Å²) in [5.74, 6) is -0.304. The van der Waals surface area contributed by atoms with E-state index in [1.807, 2.05) is 25.8 Å². The average Bonchev–Trinajstić information content (AvgIpc) is 2.83. The van der Waals surface area contributed by atoms with Gasteiger partial charge < -0.3 is 14.7 Å². The van der Waals surface area contributed by atoms with E-state index in [4.69, 9.17) is 0 Å². The number of fused-ring (bicyclic) bond motifs is 1. The van der Waals surface area contributed by atoms with Crippen molar-refractivity contribution in [3.8, 4) is 0 Å². The molecule has 0 spiro atoms. The van der Waals surface area contributed by atoms with Crippen molar-refractivity contribution in [3.63, 3.8) is 0 Å². The van der Waals surface area contributed by atoms with Crippen LogP contribution in [0.25, 0.3) is 0 Å². The highest BCUT2D eigenvalue weighted by Crippen LogP contribution is 2.40. The normalized spacial score (nSPS) is 19.4. The molecule has 0 aromatic heterocycles. The number of hydrogen-bond donors (Lipinski definition) is 0. The monoisotopic (exact) mass is 341 g/mol. The number of halogens is 3. The summed E-state index contributed by atoms with van der Waals surface area (Å²) in [5.41, 5.74) is 0.130. The van der Waals surface area contributed by atoms with Gasteiger partial charge in [0.2, 0.25) is 0 Å². The molecule has 0 aliphatic carbocycles. The zero-order chi connectivity index (χ0) is 17.6. The Morgan fingerprint density at radius 1 is 1.08 bits per heavy atom. The smallest absolute Gasteiger partial charge is 0.369 e. The molecule has 1 saturated heterocycles. The second kappa shape index (κ2) is 5.95. The fourth-order valence-electron chi connectivity index (χ4n) is 3.33. The van der Waals surface area contributed by atoms with Gasteiger partial charge >= 0.3 is 6.18 Å². The molecule has 132 valence electrons. The van der Waals surface area contributed by atoms with Gasteiger partial charge in [-0.25, -0.2) is 0 Å². The molecule has 3 rings (SSSR count). The quantitative estimate of drug-likeness (QED) is 0.828. The molecular weight excluding hydrogens is 319 g/mol. The van der Waals surface area contributed by atoms with Crippen molar-refractivity contribution in [2.45, 2.75) is 32.6 Å². The number of benzene rings is 1. The van der Waals surface area contributed by atoms with E-state index in [1.54, 1.807) is 6.07 Å². The van der Waals surface area contributed by atoms with Gasteiger partial charge in [-0.05, 0) is 38.6 Å². The summed E-state index contributed by atoms with van der Waals surface area (Å²) in [4.78, 5) is 18.1. The zero-order valence-electron chi connectivity index (χ0n) is 14.2. The highest BCUT2D eigenvalue weighted by molar-refractivity contribution is 6.00. The van der Waals surface area contributed by atoms with Crippen molar-refractivity contribution in [1.29, 1.82) is 0 Å². The predicted molar refractivity (Wildman–Crippen MR) is 86.2 cm³/mol. The van der Waals surface area contributed by atoms with Crippen LogP contribution in [0.4, 0.5) is 18.9 Å². The van der Waals surface area contributed by atoms with Crippen molar-refractivity contribution in [3.05, 3.63) is 28.8 Å². The lowest BCUT2D eigenvalue weighted by Crippen LogP contribution is -2.44. The molecule has 4 nitrogen and oxygen atoms in total. The second-order valence-corrected chi connectivity index (χ2v) is 6.83. The van der Waals surface area contributed by atoms with Gasteiger partial charge in [0.05, 0.1) is 5.56 Å². The van der Waals surface area contributed by atoms with E-state index in [0.717, 1.165) is 13.1 Å².